The van der Waals surface area contributed by atoms with Gasteiger partial charge in [0.15, 0.2) is 0 Å². The summed E-state index contributed by atoms with van der Waals surface area (Å²) in [6.07, 6.45) is 14.3. The Bertz CT molecular complexity index is 649. The quantitative estimate of drug-likeness (QED) is 0.560. The molecule has 4 rings (SSSR count). The van der Waals surface area contributed by atoms with Crippen LogP contribution in [0.3, 0.4) is 0 Å². The lowest BCUT2D eigenvalue weighted by Gasteiger charge is -2.39. The minimum absolute atomic E-state index is 0.665. The second kappa shape index (κ2) is 9.30. The van der Waals surface area contributed by atoms with Gasteiger partial charge in [0.05, 0.1) is 0 Å². The molecular formula is C25H34N2. The minimum Gasteiger partial charge on any atom is -0.382 e. The van der Waals surface area contributed by atoms with Crippen molar-refractivity contribution in [3.63, 3.8) is 0 Å². The number of nitrogens with one attached hydrogen (secondary N) is 2. The molecule has 2 aliphatic carbocycles. The Morgan fingerprint density at radius 2 is 1.04 bits per heavy atom. The van der Waals surface area contributed by atoms with Gasteiger partial charge in [-0.1, -0.05) is 56.7 Å². The van der Waals surface area contributed by atoms with Crippen LogP contribution in [-0.2, 0) is 0 Å². The summed E-state index contributed by atoms with van der Waals surface area (Å²) in [4.78, 5) is 0. The van der Waals surface area contributed by atoms with Crippen LogP contribution >= 0.6 is 0 Å². The van der Waals surface area contributed by atoms with Crippen LogP contribution in [-0.4, -0.2) is 6.04 Å². The first-order chi connectivity index (χ1) is 13.4. The molecule has 2 aliphatic rings. The molecule has 0 radical (unpaired) electrons. The first-order valence-corrected chi connectivity index (χ1v) is 11.1. The Morgan fingerprint density at radius 3 is 1.59 bits per heavy atom. The van der Waals surface area contributed by atoms with E-state index in [-0.39, 0.29) is 0 Å². The molecule has 2 aromatic rings. The lowest BCUT2D eigenvalue weighted by atomic mass is 9.73. The maximum absolute atomic E-state index is 3.98. The summed E-state index contributed by atoms with van der Waals surface area (Å²) in [5, 5.41) is 7.47. The van der Waals surface area contributed by atoms with E-state index in [0.29, 0.717) is 6.04 Å². The first-order valence-electron chi connectivity index (χ1n) is 11.1. The van der Waals surface area contributed by atoms with Crippen molar-refractivity contribution in [3.05, 3.63) is 54.6 Å². The third-order valence-electron chi connectivity index (χ3n) is 6.60. The lowest BCUT2D eigenvalue weighted by Crippen LogP contribution is -2.38. The van der Waals surface area contributed by atoms with Crippen molar-refractivity contribution in [2.45, 2.75) is 70.3 Å². The van der Waals surface area contributed by atoms with Gasteiger partial charge in [-0.25, -0.2) is 0 Å². The fourth-order valence-corrected chi connectivity index (χ4v) is 5.14. The Kier molecular flexibility index (Phi) is 6.34. The Hall–Kier alpha value is -1.96. The molecule has 2 saturated carbocycles. The van der Waals surface area contributed by atoms with Crippen LogP contribution in [0, 0.1) is 11.8 Å². The molecule has 0 aliphatic heterocycles. The molecular weight excluding hydrogens is 328 g/mol. The zero-order valence-corrected chi connectivity index (χ0v) is 16.5. The molecule has 0 spiro atoms. The largest absolute Gasteiger partial charge is 0.382 e. The molecule has 2 aromatic carbocycles. The standard InChI is InChI=1S/C25H34N2/c1-4-10-20(11-5-1)25(21-12-6-2-7-13-21)27-24-18-16-23(17-19-24)26-22-14-8-3-9-15-22/h3,8-9,14-21,25-27H,1-2,4-7,10-13H2. The van der Waals surface area contributed by atoms with Crippen LogP contribution in [0.2, 0.25) is 0 Å². The van der Waals surface area contributed by atoms with Crippen molar-refractivity contribution in [3.8, 4) is 0 Å². The molecule has 2 N–H and O–H groups in total. The normalized spacial score (nSPS) is 19.1. The summed E-state index contributed by atoms with van der Waals surface area (Å²) >= 11 is 0. The van der Waals surface area contributed by atoms with Crippen LogP contribution in [0.15, 0.2) is 54.6 Å². The highest BCUT2D eigenvalue weighted by Crippen LogP contribution is 2.37. The number of hydrogen-bond acceptors (Lipinski definition) is 2. The van der Waals surface area contributed by atoms with Crippen molar-refractivity contribution in [2.24, 2.45) is 11.8 Å². The van der Waals surface area contributed by atoms with E-state index in [4.69, 9.17) is 0 Å². The van der Waals surface area contributed by atoms with Crippen molar-refractivity contribution < 1.29 is 0 Å². The second-order valence-corrected chi connectivity index (χ2v) is 8.53. The van der Waals surface area contributed by atoms with Crippen molar-refractivity contribution in [1.82, 2.24) is 0 Å². The number of benzene rings is 2. The van der Waals surface area contributed by atoms with Crippen molar-refractivity contribution in [1.29, 1.82) is 0 Å². The topological polar surface area (TPSA) is 24.1 Å². The van der Waals surface area contributed by atoms with E-state index in [9.17, 15) is 0 Å². The molecule has 2 fully saturated rings. The van der Waals surface area contributed by atoms with E-state index in [0.717, 1.165) is 23.2 Å². The second-order valence-electron chi connectivity index (χ2n) is 8.53. The highest BCUT2D eigenvalue weighted by Gasteiger charge is 2.31. The monoisotopic (exact) mass is 362 g/mol. The van der Waals surface area contributed by atoms with Crippen molar-refractivity contribution >= 4 is 17.1 Å². The summed E-state index contributed by atoms with van der Waals surface area (Å²) in [7, 11) is 0. The molecule has 2 nitrogen and oxygen atoms in total. The molecule has 144 valence electrons. The fraction of sp³-hybridized carbons (Fsp3) is 0.520. The third kappa shape index (κ3) is 5.06. The summed E-state index contributed by atoms with van der Waals surface area (Å²) in [6, 6.07) is 20.0. The van der Waals surface area contributed by atoms with Gasteiger partial charge in [0.25, 0.3) is 0 Å². The molecule has 2 heteroatoms. The van der Waals surface area contributed by atoms with Gasteiger partial charge in [-0.05, 0) is 73.9 Å². The van der Waals surface area contributed by atoms with Gasteiger partial charge >= 0.3 is 0 Å². The van der Waals surface area contributed by atoms with E-state index in [1.54, 1.807) is 0 Å². The van der Waals surface area contributed by atoms with Gasteiger partial charge in [-0.2, -0.15) is 0 Å². The molecule has 0 bridgehead atoms. The van der Waals surface area contributed by atoms with Gasteiger partial charge in [-0.3, -0.25) is 0 Å². The number of para-hydroxylation sites is 1. The van der Waals surface area contributed by atoms with Gasteiger partial charge < -0.3 is 10.6 Å². The molecule has 0 amide bonds. The maximum Gasteiger partial charge on any atom is 0.0385 e. The van der Waals surface area contributed by atoms with E-state index in [2.05, 4.69) is 65.2 Å². The van der Waals surface area contributed by atoms with E-state index in [1.807, 2.05) is 0 Å². The zero-order chi connectivity index (χ0) is 18.3. The molecule has 0 aromatic heterocycles. The van der Waals surface area contributed by atoms with Crippen LogP contribution in [0.1, 0.15) is 64.2 Å². The predicted molar refractivity (Wildman–Crippen MR) is 117 cm³/mol. The average molecular weight is 363 g/mol. The zero-order valence-electron chi connectivity index (χ0n) is 16.5. The van der Waals surface area contributed by atoms with Crippen LogP contribution in [0.25, 0.3) is 0 Å². The number of rotatable bonds is 6. The Morgan fingerprint density at radius 1 is 0.556 bits per heavy atom. The minimum atomic E-state index is 0.665. The van der Waals surface area contributed by atoms with E-state index in [1.165, 1.54) is 69.9 Å². The van der Waals surface area contributed by atoms with Gasteiger partial charge in [0, 0.05) is 23.1 Å². The Balaban J connectivity index is 1.43. The van der Waals surface area contributed by atoms with Gasteiger partial charge in [0.1, 0.15) is 0 Å². The first kappa shape index (κ1) is 18.4. The Labute approximate surface area is 164 Å². The summed E-state index contributed by atoms with van der Waals surface area (Å²) in [6.45, 7) is 0. The summed E-state index contributed by atoms with van der Waals surface area (Å²) in [5.74, 6) is 1.73. The smallest absolute Gasteiger partial charge is 0.0385 e. The summed E-state index contributed by atoms with van der Waals surface area (Å²) < 4.78 is 0. The van der Waals surface area contributed by atoms with Gasteiger partial charge in [-0.15, -0.1) is 0 Å². The van der Waals surface area contributed by atoms with Crippen LogP contribution in [0.5, 0.6) is 0 Å². The summed E-state index contributed by atoms with van der Waals surface area (Å²) in [5.41, 5.74) is 3.58. The average Bonchev–Trinajstić information content (AvgIpc) is 2.75. The molecule has 27 heavy (non-hydrogen) atoms. The van der Waals surface area contributed by atoms with Crippen LogP contribution in [0.4, 0.5) is 17.1 Å². The predicted octanol–water partition coefficient (Wildman–Crippen LogP) is 7.37. The highest BCUT2D eigenvalue weighted by atomic mass is 14.9. The number of hydrogen-bond donors (Lipinski definition) is 2. The molecule has 0 unspecified atom stereocenters. The molecule has 0 atom stereocenters. The molecule has 0 saturated heterocycles. The van der Waals surface area contributed by atoms with Gasteiger partial charge in [0.2, 0.25) is 0 Å². The SMILES string of the molecule is c1ccc(Nc2ccc(NC(C3CCCCC3)C3CCCCC3)cc2)cc1. The van der Waals surface area contributed by atoms with E-state index >= 15 is 0 Å². The number of anilines is 3. The van der Waals surface area contributed by atoms with Crippen LogP contribution < -0.4 is 10.6 Å². The fourth-order valence-electron chi connectivity index (χ4n) is 5.14. The third-order valence-corrected chi connectivity index (χ3v) is 6.60. The maximum atomic E-state index is 3.98. The highest BCUT2D eigenvalue weighted by molar-refractivity contribution is 5.62. The van der Waals surface area contributed by atoms with E-state index < -0.39 is 0 Å². The van der Waals surface area contributed by atoms with Crippen molar-refractivity contribution in [2.75, 3.05) is 10.6 Å². The lowest BCUT2D eigenvalue weighted by molar-refractivity contribution is 0.219. The molecule has 0 heterocycles.